The van der Waals surface area contributed by atoms with Crippen LogP contribution in [0.4, 0.5) is 0 Å². The zero-order valence-electron chi connectivity index (χ0n) is 13.3. The van der Waals surface area contributed by atoms with Gasteiger partial charge in [-0.2, -0.15) is 0 Å². The number of carbonyl (C=O) groups is 1. The lowest BCUT2D eigenvalue weighted by molar-refractivity contribution is -0.138. The fourth-order valence-electron chi connectivity index (χ4n) is 3.04. The summed E-state index contributed by atoms with van der Waals surface area (Å²) in [6.07, 6.45) is 1.67. The number of aliphatic carboxylic acids is 1. The fraction of sp³-hybridized carbons (Fsp3) is 0.100. The lowest BCUT2D eigenvalue weighted by Crippen LogP contribution is -2.23. The van der Waals surface area contributed by atoms with E-state index in [0.717, 1.165) is 5.56 Å². The monoisotopic (exact) mass is 353 g/mol. The molecule has 0 aliphatic heterocycles. The molecule has 0 saturated carbocycles. The number of hydrogen-bond donors (Lipinski definition) is 2. The highest BCUT2D eigenvalue weighted by Gasteiger charge is 2.27. The summed E-state index contributed by atoms with van der Waals surface area (Å²) in [6.45, 7) is 3.62. The maximum Gasteiger partial charge on any atom is 0.311 e. The van der Waals surface area contributed by atoms with E-state index in [4.69, 9.17) is 11.6 Å². The third kappa shape index (κ3) is 3.21. The van der Waals surface area contributed by atoms with Gasteiger partial charge in [-0.1, -0.05) is 48.0 Å². The van der Waals surface area contributed by atoms with Crippen molar-refractivity contribution in [3.63, 3.8) is 0 Å². The van der Waals surface area contributed by atoms with Crippen molar-refractivity contribution in [2.24, 2.45) is 0 Å². The predicted octanol–water partition coefficient (Wildman–Crippen LogP) is 4.59. The minimum absolute atomic E-state index is 0.157. The Morgan fingerprint density at radius 2 is 1.96 bits per heavy atom. The molecule has 5 heteroatoms. The average molecular weight is 354 g/mol. The summed E-state index contributed by atoms with van der Waals surface area (Å²) < 4.78 is 0. The number of halogens is 1. The molecule has 0 aliphatic carbocycles. The Kier molecular flexibility index (Phi) is 4.72. The number of benzene rings is 2. The number of nitrogens with one attached hydrogen (secondary N) is 1. The van der Waals surface area contributed by atoms with Gasteiger partial charge < -0.3 is 10.1 Å². The van der Waals surface area contributed by atoms with Gasteiger partial charge in [0.1, 0.15) is 0 Å². The maximum atomic E-state index is 12.7. The van der Waals surface area contributed by atoms with E-state index in [1.807, 2.05) is 30.3 Å². The molecule has 0 bridgehead atoms. The molecule has 3 rings (SSSR count). The fourth-order valence-corrected chi connectivity index (χ4v) is 3.21. The average Bonchev–Trinajstić information content (AvgIpc) is 2.60. The molecule has 2 aromatic carbocycles. The Morgan fingerprint density at radius 3 is 2.60 bits per heavy atom. The van der Waals surface area contributed by atoms with E-state index in [-0.39, 0.29) is 12.0 Å². The zero-order valence-corrected chi connectivity index (χ0v) is 14.1. The van der Waals surface area contributed by atoms with Crippen molar-refractivity contribution in [1.82, 2.24) is 4.98 Å². The molecule has 0 amide bonds. The van der Waals surface area contributed by atoms with E-state index in [1.165, 1.54) is 6.08 Å². The van der Waals surface area contributed by atoms with Crippen molar-refractivity contribution in [3.05, 3.63) is 82.1 Å². The Bertz CT molecular complexity index is 1010. The van der Waals surface area contributed by atoms with Crippen LogP contribution in [0.25, 0.3) is 22.0 Å². The summed E-state index contributed by atoms with van der Waals surface area (Å²) in [5.74, 6) is -2.05. The minimum Gasteiger partial charge on any atom is -0.481 e. The topological polar surface area (TPSA) is 70.2 Å². The molecular formula is C20H16ClNO3. The lowest BCUT2D eigenvalue weighted by atomic mass is 9.87. The van der Waals surface area contributed by atoms with E-state index >= 15 is 0 Å². The first-order valence-electron chi connectivity index (χ1n) is 7.77. The molecule has 1 aromatic heterocycles. The quantitative estimate of drug-likeness (QED) is 0.659. The third-order valence-corrected chi connectivity index (χ3v) is 4.36. The SMILES string of the molecule is C=CC[C@H](C(=O)O)c1c(-c2ccccc2)c2cc(Cl)ccc2[nH]c1=O. The number of allylic oxidation sites excluding steroid dienone is 1. The minimum atomic E-state index is -1.07. The highest BCUT2D eigenvalue weighted by Crippen LogP contribution is 2.35. The van der Waals surface area contributed by atoms with Gasteiger partial charge in [0.05, 0.1) is 5.92 Å². The second kappa shape index (κ2) is 6.95. The highest BCUT2D eigenvalue weighted by molar-refractivity contribution is 6.31. The van der Waals surface area contributed by atoms with Gasteiger partial charge in [-0.3, -0.25) is 9.59 Å². The summed E-state index contributed by atoms with van der Waals surface area (Å²) in [7, 11) is 0. The van der Waals surface area contributed by atoms with Crippen LogP contribution in [0.2, 0.25) is 5.02 Å². The largest absolute Gasteiger partial charge is 0.481 e. The number of carboxylic acid groups (broad SMARTS) is 1. The van der Waals surface area contributed by atoms with Gasteiger partial charge in [0.2, 0.25) is 0 Å². The molecular weight excluding hydrogens is 338 g/mol. The van der Waals surface area contributed by atoms with E-state index < -0.39 is 17.4 Å². The number of aromatic nitrogens is 1. The molecule has 126 valence electrons. The number of hydrogen-bond acceptors (Lipinski definition) is 2. The number of aromatic amines is 1. The van der Waals surface area contributed by atoms with Gasteiger partial charge >= 0.3 is 5.97 Å². The Balaban J connectivity index is 2.47. The van der Waals surface area contributed by atoms with Crippen molar-refractivity contribution in [2.45, 2.75) is 12.3 Å². The number of carboxylic acids is 1. The molecule has 25 heavy (non-hydrogen) atoms. The zero-order chi connectivity index (χ0) is 18.0. The molecule has 4 nitrogen and oxygen atoms in total. The summed E-state index contributed by atoms with van der Waals surface area (Å²) in [4.78, 5) is 27.3. The molecule has 0 aliphatic rings. The molecule has 0 radical (unpaired) electrons. The molecule has 2 N–H and O–H groups in total. The van der Waals surface area contributed by atoms with E-state index in [1.54, 1.807) is 18.2 Å². The van der Waals surface area contributed by atoms with E-state index in [2.05, 4.69) is 11.6 Å². The van der Waals surface area contributed by atoms with Crippen molar-refractivity contribution >= 4 is 28.5 Å². The van der Waals surface area contributed by atoms with Crippen LogP contribution in [0.5, 0.6) is 0 Å². The van der Waals surface area contributed by atoms with Crippen LogP contribution < -0.4 is 5.56 Å². The van der Waals surface area contributed by atoms with Crippen LogP contribution in [0.1, 0.15) is 17.9 Å². The van der Waals surface area contributed by atoms with Gasteiger partial charge in [-0.05, 0) is 30.2 Å². The smallest absolute Gasteiger partial charge is 0.311 e. The van der Waals surface area contributed by atoms with Crippen LogP contribution in [-0.2, 0) is 4.79 Å². The molecule has 0 fully saturated rings. The van der Waals surface area contributed by atoms with Gasteiger partial charge in [-0.15, -0.1) is 6.58 Å². The normalized spacial score (nSPS) is 12.0. The summed E-state index contributed by atoms with van der Waals surface area (Å²) >= 11 is 6.15. The number of rotatable bonds is 5. The van der Waals surface area contributed by atoms with Crippen LogP contribution >= 0.6 is 11.6 Å². The Hall–Kier alpha value is -2.85. The third-order valence-electron chi connectivity index (χ3n) is 4.12. The van der Waals surface area contributed by atoms with E-state index in [0.29, 0.717) is 21.5 Å². The number of H-pyrrole nitrogens is 1. The molecule has 0 saturated heterocycles. The lowest BCUT2D eigenvalue weighted by Gasteiger charge is -2.17. The first kappa shape index (κ1) is 17.0. The molecule has 1 heterocycles. The summed E-state index contributed by atoms with van der Waals surface area (Å²) in [5, 5.41) is 10.9. The van der Waals surface area contributed by atoms with Crippen molar-refractivity contribution in [2.75, 3.05) is 0 Å². The first-order chi connectivity index (χ1) is 12.0. The van der Waals surface area contributed by atoms with Crippen LogP contribution in [0.15, 0.2) is 66.0 Å². The molecule has 1 atom stereocenters. The van der Waals surface area contributed by atoms with Gasteiger partial charge in [0.25, 0.3) is 5.56 Å². The second-order valence-corrected chi connectivity index (χ2v) is 6.15. The van der Waals surface area contributed by atoms with Crippen LogP contribution in [0.3, 0.4) is 0 Å². The summed E-state index contributed by atoms with van der Waals surface area (Å²) in [6, 6.07) is 14.4. The van der Waals surface area contributed by atoms with Crippen molar-refractivity contribution < 1.29 is 9.90 Å². The van der Waals surface area contributed by atoms with Crippen molar-refractivity contribution in [1.29, 1.82) is 0 Å². The Labute approximate surface area is 149 Å². The van der Waals surface area contributed by atoms with Crippen LogP contribution in [-0.4, -0.2) is 16.1 Å². The Morgan fingerprint density at radius 1 is 1.24 bits per heavy atom. The molecule has 0 unspecified atom stereocenters. The molecule has 0 spiro atoms. The van der Waals surface area contributed by atoms with E-state index in [9.17, 15) is 14.7 Å². The van der Waals surface area contributed by atoms with Gasteiger partial charge in [-0.25, -0.2) is 0 Å². The van der Waals surface area contributed by atoms with Crippen molar-refractivity contribution in [3.8, 4) is 11.1 Å². The number of fused-ring (bicyclic) bond motifs is 1. The predicted molar refractivity (Wildman–Crippen MR) is 100 cm³/mol. The molecule has 3 aromatic rings. The highest BCUT2D eigenvalue weighted by atomic mass is 35.5. The first-order valence-corrected chi connectivity index (χ1v) is 8.15. The maximum absolute atomic E-state index is 12.7. The van der Waals surface area contributed by atoms with Crippen LogP contribution in [0, 0.1) is 0 Å². The second-order valence-electron chi connectivity index (χ2n) is 5.71. The van der Waals surface area contributed by atoms with Gasteiger partial charge in [0.15, 0.2) is 0 Å². The number of pyridine rings is 1. The standard InChI is InChI=1S/C20H16ClNO3/c1-2-6-14(20(24)25)18-17(12-7-4-3-5-8-12)15-11-13(21)9-10-16(15)22-19(18)23/h2-5,7-11,14H,1,6H2,(H,22,23)(H,24,25)/t14-/m0/s1. The van der Waals surface area contributed by atoms with Gasteiger partial charge in [0, 0.05) is 27.1 Å². The summed E-state index contributed by atoms with van der Waals surface area (Å²) in [5.41, 5.74) is 1.78.